The second-order valence-corrected chi connectivity index (χ2v) is 8.26. The summed E-state index contributed by atoms with van der Waals surface area (Å²) in [6.07, 6.45) is 0.883. The minimum atomic E-state index is -3.59. The van der Waals surface area contributed by atoms with Gasteiger partial charge < -0.3 is 15.4 Å². The van der Waals surface area contributed by atoms with Crippen LogP contribution in [0.25, 0.3) is 0 Å². The molecule has 2 heterocycles. The lowest BCUT2D eigenvalue weighted by Crippen LogP contribution is -2.39. The van der Waals surface area contributed by atoms with E-state index in [9.17, 15) is 13.2 Å². The van der Waals surface area contributed by atoms with E-state index < -0.39 is 10.0 Å². The molecule has 2 aliphatic heterocycles. The van der Waals surface area contributed by atoms with Crippen LogP contribution in [-0.2, 0) is 14.8 Å². The molecule has 1 aromatic carbocycles. The van der Waals surface area contributed by atoms with Crippen molar-refractivity contribution in [3.05, 3.63) is 29.8 Å². The molecule has 0 unspecified atom stereocenters. The van der Waals surface area contributed by atoms with Gasteiger partial charge in [-0.1, -0.05) is 6.07 Å². The smallest absolute Gasteiger partial charge is 0.251 e. The summed E-state index contributed by atoms with van der Waals surface area (Å²) in [7, 11) is -3.59. The highest BCUT2D eigenvalue weighted by Crippen LogP contribution is 2.32. The summed E-state index contributed by atoms with van der Waals surface area (Å²) in [6, 6.07) is 6.28. The van der Waals surface area contributed by atoms with Crippen LogP contribution in [0.5, 0.6) is 0 Å². The Morgan fingerprint density at radius 1 is 1.38 bits per heavy atom. The monoisotopic (exact) mass is 403 g/mol. The highest BCUT2D eigenvalue weighted by Gasteiger charge is 2.43. The molecule has 0 saturated carbocycles. The van der Waals surface area contributed by atoms with Crippen molar-refractivity contribution in [3.8, 4) is 0 Å². The molecular formula is C17H26ClN3O4S. The number of hydrogen-bond acceptors (Lipinski definition) is 5. The van der Waals surface area contributed by atoms with Gasteiger partial charge in [-0.25, -0.2) is 8.42 Å². The quantitative estimate of drug-likeness (QED) is 0.659. The van der Waals surface area contributed by atoms with Crippen molar-refractivity contribution in [2.75, 3.05) is 39.4 Å². The minimum absolute atomic E-state index is 0. The first kappa shape index (κ1) is 21.1. The number of carbonyl (C=O) groups is 1. The van der Waals surface area contributed by atoms with Gasteiger partial charge in [0.15, 0.2) is 0 Å². The van der Waals surface area contributed by atoms with E-state index in [4.69, 9.17) is 4.74 Å². The van der Waals surface area contributed by atoms with Crippen molar-refractivity contribution in [2.24, 2.45) is 5.92 Å². The molecule has 2 atom stereocenters. The third-order valence-corrected chi connectivity index (χ3v) is 6.75. The van der Waals surface area contributed by atoms with Crippen LogP contribution in [0, 0.1) is 5.92 Å². The number of nitrogens with zero attached hydrogens (tertiary/aromatic N) is 1. The molecule has 0 aliphatic carbocycles. The lowest BCUT2D eigenvalue weighted by atomic mass is 10.1. The topological polar surface area (TPSA) is 87.7 Å². The van der Waals surface area contributed by atoms with Crippen LogP contribution >= 0.6 is 12.4 Å². The predicted octanol–water partition coefficient (Wildman–Crippen LogP) is 0.857. The standard InChI is InChI=1S/C17H25N3O4S.ClH/c1-2-24-9-7-19-17(21)13-4-3-5-15(10-13)25(22,23)20-8-6-14-11-18-12-16(14)20;/h3-5,10,14,16,18H,2,6-9,11-12H2,1H3,(H,19,21);1H/t14-,16+;/m0./s1. The van der Waals surface area contributed by atoms with Gasteiger partial charge in [0.2, 0.25) is 10.0 Å². The SMILES string of the molecule is CCOCCNC(=O)c1cccc(S(=O)(=O)N2CC[C@H]3CNC[C@H]32)c1.Cl. The number of hydrogen-bond donors (Lipinski definition) is 2. The lowest BCUT2D eigenvalue weighted by Gasteiger charge is -2.23. The summed E-state index contributed by atoms with van der Waals surface area (Å²) in [5, 5.41) is 6.00. The van der Waals surface area contributed by atoms with Gasteiger partial charge in [-0.15, -0.1) is 12.4 Å². The van der Waals surface area contributed by atoms with Crippen LogP contribution in [0.15, 0.2) is 29.2 Å². The molecule has 2 aliphatic rings. The van der Waals surface area contributed by atoms with E-state index in [1.54, 1.807) is 22.5 Å². The van der Waals surface area contributed by atoms with Gasteiger partial charge in [-0.3, -0.25) is 4.79 Å². The first-order chi connectivity index (χ1) is 12.0. The van der Waals surface area contributed by atoms with Gasteiger partial charge in [0.1, 0.15) is 0 Å². The maximum Gasteiger partial charge on any atom is 0.251 e. The summed E-state index contributed by atoms with van der Waals surface area (Å²) in [4.78, 5) is 12.4. The van der Waals surface area contributed by atoms with E-state index >= 15 is 0 Å². The average Bonchev–Trinajstić information content (AvgIpc) is 3.22. The van der Waals surface area contributed by atoms with E-state index in [0.29, 0.717) is 44.3 Å². The Morgan fingerprint density at radius 2 is 2.19 bits per heavy atom. The molecule has 146 valence electrons. The lowest BCUT2D eigenvalue weighted by molar-refractivity contribution is 0.0922. The molecular weight excluding hydrogens is 378 g/mol. The molecule has 0 spiro atoms. The zero-order chi connectivity index (χ0) is 17.9. The van der Waals surface area contributed by atoms with Gasteiger partial charge >= 0.3 is 0 Å². The van der Waals surface area contributed by atoms with E-state index in [-0.39, 0.29) is 29.3 Å². The molecule has 7 nitrogen and oxygen atoms in total. The van der Waals surface area contributed by atoms with Crippen LogP contribution in [0.2, 0.25) is 0 Å². The number of sulfonamides is 1. The van der Waals surface area contributed by atoms with Crippen LogP contribution in [-0.4, -0.2) is 64.1 Å². The Morgan fingerprint density at radius 3 is 2.96 bits per heavy atom. The molecule has 1 aromatic rings. The first-order valence-corrected chi connectivity index (χ1v) is 10.2. The van der Waals surface area contributed by atoms with E-state index in [2.05, 4.69) is 10.6 Å². The Bertz CT molecular complexity index is 728. The number of halogens is 1. The van der Waals surface area contributed by atoms with Crippen LogP contribution < -0.4 is 10.6 Å². The number of nitrogens with one attached hydrogen (secondary N) is 2. The number of carbonyl (C=O) groups excluding carboxylic acids is 1. The van der Waals surface area contributed by atoms with Crippen molar-refractivity contribution >= 4 is 28.3 Å². The van der Waals surface area contributed by atoms with Crippen LogP contribution in [0.3, 0.4) is 0 Å². The van der Waals surface area contributed by atoms with Crippen molar-refractivity contribution in [1.82, 2.24) is 14.9 Å². The Kier molecular flexibility index (Phi) is 7.42. The van der Waals surface area contributed by atoms with Crippen molar-refractivity contribution in [2.45, 2.75) is 24.3 Å². The molecule has 2 N–H and O–H groups in total. The molecule has 1 amide bonds. The molecule has 0 aromatic heterocycles. The normalized spacial score (nSPS) is 22.7. The zero-order valence-corrected chi connectivity index (χ0v) is 16.4. The number of amides is 1. The summed E-state index contributed by atoms with van der Waals surface area (Å²) in [5.74, 6) is 0.0957. The van der Waals surface area contributed by atoms with Crippen molar-refractivity contribution in [3.63, 3.8) is 0 Å². The molecule has 2 fully saturated rings. The third-order valence-electron chi connectivity index (χ3n) is 4.83. The molecule has 0 radical (unpaired) electrons. The van der Waals surface area contributed by atoms with Crippen LogP contribution in [0.4, 0.5) is 0 Å². The largest absolute Gasteiger partial charge is 0.380 e. The fourth-order valence-corrected chi connectivity index (χ4v) is 5.27. The maximum absolute atomic E-state index is 13.0. The highest BCUT2D eigenvalue weighted by atomic mass is 35.5. The fraction of sp³-hybridized carbons (Fsp3) is 0.588. The number of benzene rings is 1. The van der Waals surface area contributed by atoms with E-state index in [1.165, 1.54) is 6.07 Å². The Labute approximate surface area is 160 Å². The molecule has 2 saturated heterocycles. The number of ether oxygens (including phenoxy) is 1. The molecule has 3 rings (SSSR count). The summed E-state index contributed by atoms with van der Waals surface area (Å²) in [5.41, 5.74) is 0.345. The molecule has 0 bridgehead atoms. The van der Waals surface area contributed by atoms with Gasteiger partial charge in [0.25, 0.3) is 5.91 Å². The van der Waals surface area contributed by atoms with Crippen molar-refractivity contribution < 1.29 is 17.9 Å². The minimum Gasteiger partial charge on any atom is -0.380 e. The summed E-state index contributed by atoms with van der Waals surface area (Å²) < 4.78 is 32.8. The van der Waals surface area contributed by atoms with Gasteiger partial charge in [-0.2, -0.15) is 4.31 Å². The molecule has 26 heavy (non-hydrogen) atoms. The average molecular weight is 404 g/mol. The zero-order valence-electron chi connectivity index (χ0n) is 14.8. The van der Waals surface area contributed by atoms with Crippen molar-refractivity contribution in [1.29, 1.82) is 0 Å². The fourth-order valence-electron chi connectivity index (χ4n) is 3.52. The highest BCUT2D eigenvalue weighted by molar-refractivity contribution is 7.89. The second-order valence-electron chi connectivity index (χ2n) is 6.37. The van der Waals surface area contributed by atoms with E-state index in [0.717, 1.165) is 13.0 Å². The first-order valence-electron chi connectivity index (χ1n) is 8.72. The van der Waals surface area contributed by atoms with Gasteiger partial charge in [0.05, 0.1) is 11.5 Å². The third kappa shape index (κ3) is 4.37. The van der Waals surface area contributed by atoms with Gasteiger partial charge in [-0.05, 0) is 44.0 Å². The predicted molar refractivity (Wildman–Crippen MR) is 101 cm³/mol. The van der Waals surface area contributed by atoms with E-state index in [1.807, 2.05) is 6.92 Å². The number of rotatable bonds is 7. The maximum atomic E-state index is 13.0. The summed E-state index contributed by atoms with van der Waals surface area (Å²) in [6.45, 7) is 5.43. The Hall–Kier alpha value is -1.19. The summed E-state index contributed by atoms with van der Waals surface area (Å²) >= 11 is 0. The Balaban J connectivity index is 0.00000243. The second kappa shape index (κ2) is 9.14. The molecule has 9 heteroatoms. The number of fused-ring (bicyclic) bond motifs is 1. The van der Waals surface area contributed by atoms with Gasteiger partial charge in [0, 0.05) is 37.8 Å². The van der Waals surface area contributed by atoms with Crippen LogP contribution in [0.1, 0.15) is 23.7 Å².